The Kier molecular flexibility index (Phi) is 5.22. The molecule has 0 saturated carbocycles. The van der Waals surface area contributed by atoms with E-state index in [0.717, 1.165) is 30.6 Å². The molecule has 0 radical (unpaired) electrons. The molecule has 32 heavy (non-hydrogen) atoms. The minimum Gasteiger partial charge on any atom is -0.414 e. The fourth-order valence-electron chi connectivity index (χ4n) is 4.55. The Balaban J connectivity index is 1.37. The van der Waals surface area contributed by atoms with Gasteiger partial charge in [-0.2, -0.15) is 0 Å². The molecule has 2 bridgehead atoms. The summed E-state index contributed by atoms with van der Waals surface area (Å²) in [5, 5.41) is 11.5. The second kappa shape index (κ2) is 8.19. The molecule has 2 aromatic heterocycles. The van der Waals surface area contributed by atoms with Crippen LogP contribution in [0.5, 0.6) is 0 Å². The fraction of sp³-hybridized carbons (Fsp3) is 0.409. The standard InChI is InChI=1S/C22H26N8O2/c1-3-18(31)30-12-15-8-16(30)11-29(15)17-10-25-20(23)19(26-17)22-28-27-21(32-22)14-6-4-13(5-7-14)9-24-2/h4-7,10,15-16,24H,3,8-9,11-12H2,1-2H3,(H2,23,25)/t15?,16-/m0/s1. The van der Waals surface area contributed by atoms with Gasteiger partial charge in [0, 0.05) is 31.6 Å². The Morgan fingerprint density at radius 3 is 2.66 bits per heavy atom. The normalized spacial score (nSPS) is 19.7. The van der Waals surface area contributed by atoms with Crippen molar-refractivity contribution >= 4 is 17.5 Å². The van der Waals surface area contributed by atoms with E-state index in [2.05, 4.69) is 25.4 Å². The lowest BCUT2D eigenvalue weighted by Crippen LogP contribution is -2.49. The summed E-state index contributed by atoms with van der Waals surface area (Å²) < 4.78 is 5.89. The van der Waals surface area contributed by atoms with E-state index >= 15 is 0 Å². The lowest BCUT2D eigenvalue weighted by atomic mass is 10.1. The Bertz CT molecular complexity index is 1130. The van der Waals surface area contributed by atoms with Crippen molar-refractivity contribution in [1.29, 1.82) is 0 Å². The number of nitrogen functional groups attached to an aromatic ring is 1. The van der Waals surface area contributed by atoms with E-state index < -0.39 is 0 Å². The number of fused-ring (bicyclic) bond motifs is 2. The zero-order chi connectivity index (χ0) is 22.2. The monoisotopic (exact) mass is 434 g/mol. The smallest absolute Gasteiger partial charge is 0.270 e. The predicted octanol–water partition coefficient (Wildman–Crippen LogP) is 1.69. The predicted molar refractivity (Wildman–Crippen MR) is 119 cm³/mol. The van der Waals surface area contributed by atoms with Crippen LogP contribution in [0.4, 0.5) is 11.6 Å². The Morgan fingerprint density at radius 2 is 1.97 bits per heavy atom. The van der Waals surface area contributed by atoms with Crippen molar-refractivity contribution in [1.82, 2.24) is 30.4 Å². The fourth-order valence-corrected chi connectivity index (χ4v) is 4.55. The van der Waals surface area contributed by atoms with Crippen molar-refractivity contribution in [2.45, 2.75) is 38.4 Å². The van der Waals surface area contributed by atoms with E-state index in [4.69, 9.17) is 15.1 Å². The van der Waals surface area contributed by atoms with Gasteiger partial charge in [-0.1, -0.05) is 19.1 Å². The van der Waals surface area contributed by atoms with E-state index in [1.165, 1.54) is 0 Å². The maximum absolute atomic E-state index is 12.1. The third-order valence-electron chi connectivity index (χ3n) is 6.16. The summed E-state index contributed by atoms with van der Waals surface area (Å²) in [4.78, 5) is 25.3. The van der Waals surface area contributed by atoms with Gasteiger partial charge in [0.05, 0.1) is 18.3 Å². The summed E-state index contributed by atoms with van der Waals surface area (Å²) in [5.41, 5.74) is 8.46. The number of hydrogen-bond acceptors (Lipinski definition) is 9. The molecule has 2 fully saturated rings. The van der Waals surface area contributed by atoms with Gasteiger partial charge < -0.3 is 25.3 Å². The van der Waals surface area contributed by atoms with Crippen LogP contribution in [0, 0.1) is 0 Å². The van der Waals surface area contributed by atoms with Crippen molar-refractivity contribution in [2.75, 3.05) is 30.8 Å². The lowest BCUT2D eigenvalue weighted by Gasteiger charge is -2.34. The van der Waals surface area contributed by atoms with E-state index in [0.29, 0.717) is 30.4 Å². The summed E-state index contributed by atoms with van der Waals surface area (Å²) in [6.45, 7) is 4.14. The summed E-state index contributed by atoms with van der Waals surface area (Å²) in [5.74, 6) is 1.79. The Morgan fingerprint density at radius 1 is 1.19 bits per heavy atom. The summed E-state index contributed by atoms with van der Waals surface area (Å²) in [6.07, 6.45) is 3.15. The average molecular weight is 435 g/mol. The van der Waals surface area contributed by atoms with E-state index in [-0.39, 0.29) is 29.7 Å². The zero-order valence-corrected chi connectivity index (χ0v) is 18.2. The molecule has 166 valence electrons. The number of anilines is 2. The van der Waals surface area contributed by atoms with Crippen LogP contribution in [0.25, 0.3) is 23.0 Å². The van der Waals surface area contributed by atoms with Crippen LogP contribution in [0.3, 0.4) is 0 Å². The molecule has 0 aliphatic carbocycles. The number of aromatic nitrogens is 4. The molecule has 4 heterocycles. The number of nitrogens with two attached hydrogens (primary N) is 1. The third-order valence-corrected chi connectivity index (χ3v) is 6.16. The van der Waals surface area contributed by atoms with Gasteiger partial charge in [0.15, 0.2) is 11.5 Å². The van der Waals surface area contributed by atoms with Crippen molar-refractivity contribution in [3.8, 4) is 23.0 Å². The highest BCUT2D eigenvalue weighted by Gasteiger charge is 2.45. The molecule has 1 aromatic carbocycles. The minimum absolute atomic E-state index is 0.207. The molecule has 1 amide bonds. The van der Waals surface area contributed by atoms with Gasteiger partial charge in [-0.15, -0.1) is 10.2 Å². The van der Waals surface area contributed by atoms with Crippen molar-refractivity contribution in [3.63, 3.8) is 0 Å². The number of nitrogens with one attached hydrogen (secondary N) is 1. The molecule has 0 spiro atoms. The maximum Gasteiger partial charge on any atom is 0.270 e. The first-order chi connectivity index (χ1) is 15.6. The number of benzene rings is 1. The molecule has 3 N–H and O–H groups in total. The molecule has 2 aliphatic rings. The second-order valence-corrected chi connectivity index (χ2v) is 8.20. The van der Waals surface area contributed by atoms with Gasteiger partial charge in [0.1, 0.15) is 5.82 Å². The van der Waals surface area contributed by atoms with Gasteiger partial charge in [-0.05, 0) is 31.2 Å². The van der Waals surface area contributed by atoms with Crippen molar-refractivity contribution in [3.05, 3.63) is 36.0 Å². The van der Waals surface area contributed by atoms with Crippen molar-refractivity contribution in [2.24, 2.45) is 0 Å². The molecule has 10 heteroatoms. The van der Waals surface area contributed by atoms with Gasteiger partial charge in [-0.3, -0.25) is 4.79 Å². The number of nitrogens with zero attached hydrogens (tertiary/aromatic N) is 6. The molecule has 1 unspecified atom stereocenters. The van der Waals surface area contributed by atoms with Gasteiger partial charge in [0.2, 0.25) is 11.8 Å². The first-order valence-corrected chi connectivity index (χ1v) is 10.8. The first kappa shape index (κ1) is 20.4. The highest BCUT2D eigenvalue weighted by molar-refractivity contribution is 5.77. The molecule has 10 nitrogen and oxygen atoms in total. The first-order valence-electron chi connectivity index (χ1n) is 10.8. The summed E-state index contributed by atoms with van der Waals surface area (Å²) in [6, 6.07) is 8.37. The number of rotatable bonds is 6. The largest absolute Gasteiger partial charge is 0.414 e. The molecule has 2 atom stereocenters. The van der Waals surface area contributed by atoms with Crippen molar-refractivity contribution < 1.29 is 9.21 Å². The highest BCUT2D eigenvalue weighted by atomic mass is 16.4. The molecular formula is C22H26N8O2. The summed E-state index contributed by atoms with van der Waals surface area (Å²) >= 11 is 0. The highest BCUT2D eigenvalue weighted by Crippen LogP contribution is 2.35. The quantitative estimate of drug-likeness (QED) is 0.596. The lowest BCUT2D eigenvalue weighted by molar-refractivity contribution is -0.131. The van der Waals surface area contributed by atoms with Gasteiger partial charge in [0.25, 0.3) is 5.89 Å². The van der Waals surface area contributed by atoms with E-state index in [9.17, 15) is 4.79 Å². The Labute approximate surface area is 185 Å². The molecule has 5 rings (SSSR count). The number of carbonyl (C=O) groups excluding carboxylic acids is 1. The van der Waals surface area contributed by atoms with Crippen LogP contribution < -0.4 is 16.0 Å². The second-order valence-electron chi connectivity index (χ2n) is 8.20. The summed E-state index contributed by atoms with van der Waals surface area (Å²) in [7, 11) is 1.91. The minimum atomic E-state index is 0.207. The number of hydrogen-bond donors (Lipinski definition) is 2. The van der Waals surface area contributed by atoms with Crippen LogP contribution in [0.1, 0.15) is 25.3 Å². The Hall–Kier alpha value is -3.53. The van der Waals surface area contributed by atoms with Crippen LogP contribution in [0.15, 0.2) is 34.9 Å². The average Bonchev–Trinajstić information content (AvgIpc) is 3.56. The number of piperazine rings is 1. The number of amides is 1. The van der Waals surface area contributed by atoms with Crippen LogP contribution in [0.2, 0.25) is 0 Å². The topological polar surface area (TPSA) is 126 Å². The van der Waals surface area contributed by atoms with E-state index in [1.54, 1.807) is 6.20 Å². The molecular weight excluding hydrogens is 408 g/mol. The molecule has 2 aliphatic heterocycles. The van der Waals surface area contributed by atoms with Crippen LogP contribution >= 0.6 is 0 Å². The SMILES string of the molecule is CCC(=O)N1CC2C[C@H]1CN2c1cnc(N)c(-c2nnc(-c3ccc(CNC)cc3)o2)n1. The molecule has 2 saturated heterocycles. The number of carbonyl (C=O) groups is 1. The van der Waals surface area contributed by atoms with E-state index in [1.807, 2.05) is 43.1 Å². The van der Waals surface area contributed by atoms with Gasteiger partial charge >= 0.3 is 0 Å². The molecule has 3 aromatic rings. The number of likely N-dealkylation sites (tertiary alicyclic amines) is 1. The van der Waals surface area contributed by atoms with Gasteiger partial charge in [-0.25, -0.2) is 9.97 Å². The maximum atomic E-state index is 12.1. The van der Waals surface area contributed by atoms with Crippen LogP contribution in [-0.4, -0.2) is 63.2 Å². The third kappa shape index (κ3) is 3.56. The van der Waals surface area contributed by atoms with Crippen LogP contribution in [-0.2, 0) is 11.3 Å². The zero-order valence-electron chi connectivity index (χ0n) is 18.2.